The van der Waals surface area contributed by atoms with Gasteiger partial charge in [0.05, 0.1) is 5.52 Å². The number of Topliss-reactive ketones (excluding diaryl/α,β-unsaturated/α-hetero) is 1. The second kappa shape index (κ2) is 5.75. The molecule has 0 saturated heterocycles. The second-order valence-corrected chi connectivity index (χ2v) is 4.86. The van der Waals surface area contributed by atoms with Crippen LogP contribution in [0.5, 0.6) is 5.75 Å². The molecule has 3 rings (SSSR count). The fourth-order valence-corrected chi connectivity index (χ4v) is 2.23. The highest BCUT2D eigenvalue weighted by atomic mass is 16.5. The summed E-state index contributed by atoms with van der Waals surface area (Å²) in [5.74, 6) is 0.799. The van der Waals surface area contributed by atoms with Gasteiger partial charge in [-0.1, -0.05) is 24.3 Å². The van der Waals surface area contributed by atoms with E-state index in [9.17, 15) is 4.79 Å². The van der Waals surface area contributed by atoms with Crippen LogP contribution in [0.4, 0.5) is 0 Å². The topological polar surface area (TPSA) is 39.2 Å². The molecule has 0 radical (unpaired) electrons. The van der Waals surface area contributed by atoms with E-state index in [1.54, 1.807) is 25.3 Å². The van der Waals surface area contributed by atoms with Crippen LogP contribution in [-0.2, 0) is 6.61 Å². The van der Waals surface area contributed by atoms with Crippen LogP contribution in [0.25, 0.3) is 10.9 Å². The molecule has 1 heterocycles. The third kappa shape index (κ3) is 2.92. The molecule has 3 nitrogen and oxygen atoms in total. The van der Waals surface area contributed by atoms with Gasteiger partial charge in [-0.3, -0.25) is 9.78 Å². The molecule has 3 aromatic rings. The normalized spacial score (nSPS) is 10.5. The van der Waals surface area contributed by atoms with E-state index < -0.39 is 0 Å². The van der Waals surface area contributed by atoms with E-state index >= 15 is 0 Å². The number of hydrogen-bond acceptors (Lipinski definition) is 3. The Morgan fingerprint density at radius 1 is 1.05 bits per heavy atom. The SMILES string of the molecule is CC(=O)c1ccc(OCc2cccc3cccnc23)cc1. The van der Waals surface area contributed by atoms with Crippen molar-refractivity contribution in [2.24, 2.45) is 0 Å². The molecular formula is C18H15NO2. The van der Waals surface area contributed by atoms with Crippen LogP contribution in [0.1, 0.15) is 22.8 Å². The molecule has 0 saturated carbocycles. The minimum atomic E-state index is 0.0554. The maximum Gasteiger partial charge on any atom is 0.159 e. The molecule has 0 fully saturated rings. The van der Waals surface area contributed by atoms with Crippen LogP contribution in [0, 0.1) is 0 Å². The maximum atomic E-state index is 11.2. The summed E-state index contributed by atoms with van der Waals surface area (Å²) in [4.78, 5) is 15.6. The number of benzene rings is 2. The van der Waals surface area contributed by atoms with Gasteiger partial charge in [0.1, 0.15) is 12.4 Å². The third-order valence-electron chi connectivity index (χ3n) is 3.37. The van der Waals surface area contributed by atoms with E-state index in [-0.39, 0.29) is 5.78 Å². The summed E-state index contributed by atoms with van der Waals surface area (Å²) in [6.07, 6.45) is 1.79. The quantitative estimate of drug-likeness (QED) is 0.676. The number of fused-ring (bicyclic) bond motifs is 1. The van der Waals surface area contributed by atoms with Gasteiger partial charge in [0.25, 0.3) is 0 Å². The smallest absolute Gasteiger partial charge is 0.159 e. The van der Waals surface area contributed by atoms with Gasteiger partial charge < -0.3 is 4.74 Å². The highest BCUT2D eigenvalue weighted by molar-refractivity contribution is 5.94. The lowest BCUT2D eigenvalue weighted by molar-refractivity contribution is 0.101. The number of nitrogens with zero attached hydrogens (tertiary/aromatic N) is 1. The molecule has 104 valence electrons. The molecule has 0 unspecified atom stereocenters. The minimum absolute atomic E-state index is 0.0554. The highest BCUT2D eigenvalue weighted by Gasteiger charge is 2.04. The van der Waals surface area contributed by atoms with Gasteiger partial charge in [-0.25, -0.2) is 0 Å². The van der Waals surface area contributed by atoms with Crippen molar-refractivity contribution in [1.29, 1.82) is 0 Å². The number of ketones is 1. The Morgan fingerprint density at radius 2 is 1.81 bits per heavy atom. The van der Waals surface area contributed by atoms with Crippen LogP contribution in [0.2, 0.25) is 0 Å². The summed E-state index contributed by atoms with van der Waals surface area (Å²) < 4.78 is 5.78. The number of hydrogen-bond donors (Lipinski definition) is 0. The fraction of sp³-hybridized carbons (Fsp3) is 0.111. The summed E-state index contributed by atoms with van der Waals surface area (Å²) in [6.45, 7) is 2.01. The molecule has 0 aliphatic heterocycles. The summed E-state index contributed by atoms with van der Waals surface area (Å²) in [5, 5.41) is 1.10. The van der Waals surface area contributed by atoms with Gasteiger partial charge in [-0.05, 0) is 37.3 Å². The van der Waals surface area contributed by atoms with Gasteiger partial charge in [-0.2, -0.15) is 0 Å². The standard InChI is InChI=1S/C18H15NO2/c1-13(20)14-7-9-17(10-8-14)21-12-16-5-2-4-15-6-3-11-19-18(15)16/h2-11H,12H2,1H3. The van der Waals surface area contributed by atoms with Crippen molar-refractivity contribution in [3.05, 3.63) is 71.9 Å². The van der Waals surface area contributed by atoms with Crippen molar-refractivity contribution in [1.82, 2.24) is 4.98 Å². The molecule has 0 N–H and O–H groups in total. The lowest BCUT2D eigenvalue weighted by atomic mass is 10.1. The first-order valence-corrected chi connectivity index (χ1v) is 6.80. The molecule has 0 aliphatic rings. The number of ether oxygens (including phenoxy) is 1. The highest BCUT2D eigenvalue weighted by Crippen LogP contribution is 2.19. The Balaban J connectivity index is 1.79. The molecule has 0 atom stereocenters. The molecule has 0 spiro atoms. The van der Waals surface area contributed by atoms with Crippen LogP contribution in [0.15, 0.2) is 60.8 Å². The molecule has 21 heavy (non-hydrogen) atoms. The zero-order valence-electron chi connectivity index (χ0n) is 11.7. The Bertz CT molecular complexity index is 773. The average molecular weight is 277 g/mol. The van der Waals surface area contributed by atoms with Crippen molar-refractivity contribution in [2.75, 3.05) is 0 Å². The van der Waals surface area contributed by atoms with Crippen LogP contribution >= 0.6 is 0 Å². The van der Waals surface area contributed by atoms with Crippen molar-refractivity contribution in [2.45, 2.75) is 13.5 Å². The Labute approximate surface area is 123 Å². The van der Waals surface area contributed by atoms with E-state index in [1.165, 1.54) is 0 Å². The number of carbonyl (C=O) groups excluding carboxylic acids is 1. The number of pyridine rings is 1. The zero-order valence-corrected chi connectivity index (χ0v) is 11.7. The minimum Gasteiger partial charge on any atom is -0.489 e. The predicted octanol–water partition coefficient (Wildman–Crippen LogP) is 4.02. The Kier molecular flexibility index (Phi) is 3.65. The molecule has 0 bridgehead atoms. The number of rotatable bonds is 4. The van der Waals surface area contributed by atoms with Crippen molar-refractivity contribution < 1.29 is 9.53 Å². The molecular weight excluding hydrogens is 262 g/mol. The van der Waals surface area contributed by atoms with E-state index in [4.69, 9.17) is 4.74 Å². The summed E-state index contributed by atoms with van der Waals surface area (Å²) in [6, 6.07) is 17.2. The van der Waals surface area contributed by atoms with Crippen LogP contribution < -0.4 is 4.74 Å². The number of aromatic nitrogens is 1. The van der Waals surface area contributed by atoms with Crippen molar-refractivity contribution >= 4 is 16.7 Å². The van der Waals surface area contributed by atoms with Crippen LogP contribution in [0.3, 0.4) is 0 Å². The average Bonchev–Trinajstić information content (AvgIpc) is 2.53. The van der Waals surface area contributed by atoms with Gasteiger partial charge in [0.2, 0.25) is 0 Å². The van der Waals surface area contributed by atoms with E-state index in [1.807, 2.05) is 42.5 Å². The lowest BCUT2D eigenvalue weighted by Crippen LogP contribution is -1.98. The molecule has 2 aromatic carbocycles. The predicted molar refractivity (Wildman–Crippen MR) is 82.5 cm³/mol. The summed E-state index contributed by atoms with van der Waals surface area (Å²) in [7, 11) is 0. The van der Waals surface area contributed by atoms with Gasteiger partial charge in [0.15, 0.2) is 5.78 Å². The van der Waals surface area contributed by atoms with Gasteiger partial charge in [0, 0.05) is 22.7 Å². The van der Waals surface area contributed by atoms with E-state index in [2.05, 4.69) is 4.98 Å². The Hall–Kier alpha value is -2.68. The fourth-order valence-electron chi connectivity index (χ4n) is 2.23. The van der Waals surface area contributed by atoms with Gasteiger partial charge >= 0.3 is 0 Å². The largest absolute Gasteiger partial charge is 0.489 e. The van der Waals surface area contributed by atoms with Crippen LogP contribution in [-0.4, -0.2) is 10.8 Å². The first-order chi connectivity index (χ1) is 10.2. The number of carbonyl (C=O) groups is 1. The summed E-state index contributed by atoms with van der Waals surface area (Å²) >= 11 is 0. The van der Waals surface area contributed by atoms with Gasteiger partial charge in [-0.15, -0.1) is 0 Å². The monoisotopic (exact) mass is 277 g/mol. The Morgan fingerprint density at radius 3 is 2.57 bits per heavy atom. The zero-order chi connectivity index (χ0) is 14.7. The van der Waals surface area contributed by atoms with E-state index in [0.717, 1.165) is 22.2 Å². The first kappa shape index (κ1) is 13.3. The van der Waals surface area contributed by atoms with E-state index in [0.29, 0.717) is 12.2 Å². The molecule has 0 aliphatic carbocycles. The lowest BCUT2D eigenvalue weighted by Gasteiger charge is -2.08. The molecule has 0 amide bonds. The third-order valence-corrected chi connectivity index (χ3v) is 3.37. The van der Waals surface area contributed by atoms with Crippen molar-refractivity contribution in [3.63, 3.8) is 0 Å². The maximum absolute atomic E-state index is 11.2. The number of para-hydroxylation sites is 1. The van der Waals surface area contributed by atoms with Crippen molar-refractivity contribution in [3.8, 4) is 5.75 Å². The second-order valence-electron chi connectivity index (χ2n) is 4.86. The molecule has 1 aromatic heterocycles. The first-order valence-electron chi connectivity index (χ1n) is 6.80. The molecule has 3 heteroatoms. The summed E-state index contributed by atoms with van der Waals surface area (Å²) in [5.41, 5.74) is 2.69.